The number of aliphatic hydroxyl groups is 1. The van der Waals surface area contributed by atoms with Crippen LogP contribution in [0.2, 0.25) is 0 Å². The molecule has 1 unspecified atom stereocenters. The molecule has 0 aliphatic carbocycles. The van der Waals surface area contributed by atoms with Gasteiger partial charge in [-0.05, 0) is 49.4 Å². The molecule has 3 heteroatoms. The topological polar surface area (TPSA) is 36.4 Å². The van der Waals surface area contributed by atoms with E-state index in [0.29, 0.717) is 6.42 Å². The minimum absolute atomic E-state index is 0.416. The molecule has 1 N–H and O–H groups in total. The zero-order valence-electron chi connectivity index (χ0n) is 12.7. The summed E-state index contributed by atoms with van der Waals surface area (Å²) in [6, 6.07) is 10.6. The number of hydrogen-bond acceptors (Lipinski definition) is 3. The number of benzene rings is 1. The number of fused-ring (bicyclic) bond motifs is 1. The maximum absolute atomic E-state index is 10.0. The molecule has 3 nitrogen and oxygen atoms in total. The summed E-state index contributed by atoms with van der Waals surface area (Å²) in [7, 11) is 0. The lowest BCUT2D eigenvalue weighted by molar-refractivity contribution is 0.172. The van der Waals surface area contributed by atoms with E-state index in [-0.39, 0.29) is 0 Å². The van der Waals surface area contributed by atoms with Crippen LogP contribution in [-0.2, 0) is 6.42 Å². The molecule has 0 fully saturated rings. The van der Waals surface area contributed by atoms with Gasteiger partial charge in [-0.15, -0.1) is 0 Å². The molecule has 1 aromatic heterocycles. The molecule has 3 rings (SSSR count). The number of nitrogens with zero attached hydrogens (tertiary/aromatic N) is 2. The van der Waals surface area contributed by atoms with Crippen molar-refractivity contribution < 1.29 is 5.11 Å². The number of rotatable bonds is 3. The molecule has 2 aromatic rings. The molecule has 1 aliphatic rings. The van der Waals surface area contributed by atoms with Crippen molar-refractivity contribution in [1.29, 1.82) is 0 Å². The Balaban J connectivity index is 1.97. The second kappa shape index (κ2) is 5.86. The Kier molecular flexibility index (Phi) is 3.93. The SMILES string of the molecule is CCC(O)c1cnc(N2CCCc3ccccc32)cc1C. The first-order chi connectivity index (χ1) is 10.2. The lowest BCUT2D eigenvalue weighted by atomic mass is 10.0. The lowest BCUT2D eigenvalue weighted by Crippen LogP contribution is -2.25. The second-order valence-corrected chi connectivity index (χ2v) is 5.71. The molecule has 2 heterocycles. The molecular formula is C18H22N2O. The van der Waals surface area contributed by atoms with Crippen LogP contribution in [0.1, 0.15) is 42.6 Å². The van der Waals surface area contributed by atoms with Gasteiger partial charge < -0.3 is 10.0 Å². The quantitative estimate of drug-likeness (QED) is 0.927. The van der Waals surface area contributed by atoms with Gasteiger partial charge in [0, 0.05) is 24.0 Å². The van der Waals surface area contributed by atoms with Gasteiger partial charge in [-0.1, -0.05) is 25.1 Å². The Bertz CT molecular complexity index is 639. The van der Waals surface area contributed by atoms with Crippen molar-refractivity contribution in [3.63, 3.8) is 0 Å². The van der Waals surface area contributed by atoms with Crippen LogP contribution in [0.3, 0.4) is 0 Å². The van der Waals surface area contributed by atoms with Crippen molar-refractivity contribution in [2.45, 2.75) is 39.2 Å². The molecular weight excluding hydrogens is 260 g/mol. The maximum atomic E-state index is 10.0. The minimum Gasteiger partial charge on any atom is -0.388 e. The van der Waals surface area contributed by atoms with Gasteiger partial charge in [-0.25, -0.2) is 4.98 Å². The summed E-state index contributed by atoms with van der Waals surface area (Å²) >= 11 is 0. The zero-order chi connectivity index (χ0) is 14.8. The Morgan fingerprint density at radius 1 is 1.33 bits per heavy atom. The predicted molar refractivity (Wildman–Crippen MR) is 86.0 cm³/mol. The molecule has 0 bridgehead atoms. The Hall–Kier alpha value is -1.87. The van der Waals surface area contributed by atoms with Gasteiger partial charge in [-0.2, -0.15) is 0 Å². The fourth-order valence-electron chi connectivity index (χ4n) is 3.04. The Morgan fingerprint density at radius 2 is 2.14 bits per heavy atom. The van der Waals surface area contributed by atoms with E-state index in [1.165, 1.54) is 11.3 Å². The number of para-hydroxylation sites is 1. The molecule has 0 amide bonds. The molecule has 0 saturated carbocycles. The summed E-state index contributed by atoms with van der Waals surface area (Å²) in [6.07, 6.45) is 4.42. The fraction of sp³-hybridized carbons (Fsp3) is 0.389. The third-order valence-electron chi connectivity index (χ3n) is 4.27. The predicted octanol–water partition coefficient (Wildman–Crippen LogP) is 3.92. The van der Waals surface area contributed by atoms with Crippen LogP contribution in [0.5, 0.6) is 0 Å². The van der Waals surface area contributed by atoms with E-state index in [2.05, 4.69) is 47.1 Å². The van der Waals surface area contributed by atoms with Crippen molar-refractivity contribution in [2.75, 3.05) is 11.4 Å². The normalized spacial score (nSPS) is 15.7. The number of aromatic nitrogens is 1. The average molecular weight is 282 g/mol. The highest BCUT2D eigenvalue weighted by molar-refractivity contribution is 5.65. The van der Waals surface area contributed by atoms with Gasteiger partial charge in [0.25, 0.3) is 0 Å². The van der Waals surface area contributed by atoms with E-state index < -0.39 is 6.10 Å². The average Bonchev–Trinajstić information content (AvgIpc) is 2.53. The number of anilines is 2. The molecule has 1 atom stereocenters. The highest BCUT2D eigenvalue weighted by atomic mass is 16.3. The van der Waals surface area contributed by atoms with Crippen molar-refractivity contribution in [3.8, 4) is 0 Å². The number of aliphatic hydroxyl groups excluding tert-OH is 1. The van der Waals surface area contributed by atoms with Crippen molar-refractivity contribution in [1.82, 2.24) is 4.98 Å². The van der Waals surface area contributed by atoms with Crippen molar-refractivity contribution >= 4 is 11.5 Å². The van der Waals surface area contributed by atoms with E-state index in [9.17, 15) is 5.11 Å². The molecule has 0 radical (unpaired) electrons. The molecule has 1 aliphatic heterocycles. The smallest absolute Gasteiger partial charge is 0.133 e. The van der Waals surface area contributed by atoms with Crippen LogP contribution >= 0.6 is 0 Å². The standard InChI is InChI=1S/C18H22N2O/c1-3-17(21)15-12-19-18(11-13(15)2)20-10-6-8-14-7-4-5-9-16(14)20/h4-5,7,9,11-12,17,21H,3,6,8,10H2,1-2H3. The first-order valence-corrected chi connectivity index (χ1v) is 7.70. The maximum Gasteiger partial charge on any atom is 0.133 e. The van der Waals surface area contributed by atoms with E-state index >= 15 is 0 Å². The highest BCUT2D eigenvalue weighted by Crippen LogP contribution is 2.33. The molecule has 1 aromatic carbocycles. The first-order valence-electron chi connectivity index (χ1n) is 7.70. The molecule has 110 valence electrons. The second-order valence-electron chi connectivity index (χ2n) is 5.71. The van der Waals surface area contributed by atoms with Gasteiger partial charge in [0.1, 0.15) is 5.82 Å². The molecule has 21 heavy (non-hydrogen) atoms. The summed E-state index contributed by atoms with van der Waals surface area (Å²) in [5.74, 6) is 0.978. The van der Waals surface area contributed by atoms with Crippen LogP contribution in [0, 0.1) is 6.92 Å². The van der Waals surface area contributed by atoms with Crippen LogP contribution in [0.25, 0.3) is 0 Å². The van der Waals surface area contributed by atoms with Gasteiger partial charge in [0.05, 0.1) is 6.10 Å². The summed E-state index contributed by atoms with van der Waals surface area (Å²) in [6.45, 7) is 5.03. The number of pyridine rings is 1. The van der Waals surface area contributed by atoms with E-state index in [4.69, 9.17) is 0 Å². The van der Waals surface area contributed by atoms with Crippen LogP contribution in [0.15, 0.2) is 36.5 Å². The van der Waals surface area contributed by atoms with Crippen LogP contribution in [-0.4, -0.2) is 16.6 Å². The Morgan fingerprint density at radius 3 is 2.90 bits per heavy atom. The summed E-state index contributed by atoms with van der Waals surface area (Å²) in [4.78, 5) is 6.88. The van der Waals surface area contributed by atoms with E-state index in [1.54, 1.807) is 0 Å². The van der Waals surface area contributed by atoms with E-state index in [0.717, 1.165) is 36.3 Å². The summed E-state index contributed by atoms with van der Waals surface area (Å²) < 4.78 is 0. The van der Waals surface area contributed by atoms with Crippen molar-refractivity contribution in [2.24, 2.45) is 0 Å². The number of hydrogen-bond donors (Lipinski definition) is 1. The van der Waals surface area contributed by atoms with Crippen LogP contribution in [0.4, 0.5) is 11.5 Å². The van der Waals surface area contributed by atoms with Gasteiger partial charge in [0.2, 0.25) is 0 Å². The first kappa shape index (κ1) is 14.1. The molecule has 0 saturated heterocycles. The monoisotopic (exact) mass is 282 g/mol. The zero-order valence-corrected chi connectivity index (χ0v) is 12.7. The van der Waals surface area contributed by atoms with Gasteiger partial charge in [-0.3, -0.25) is 0 Å². The van der Waals surface area contributed by atoms with E-state index in [1.807, 2.05) is 13.1 Å². The third kappa shape index (κ3) is 2.66. The summed E-state index contributed by atoms with van der Waals surface area (Å²) in [5.41, 5.74) is 4.70. The summed E-state index contributed by atoms with van der Waals surface area (Å²) in [5, 5.41) is 10.0. The molecule has 0 spiro atoms. The van der Waals surface area contributed by atoms with Gasteiger partial charge in [0.15, 0.2) is 0 Å². The van der Waals surface area contributed by atoms with Crippen molar-refractivity contribution in [3.05, 3.63) is 53.2 Å². The number of aryl methyl sites for hydroxylation is 2. The third-order valence-corrected chi connectivity index (χ3v) is 4.27. The largest absolute Gasteiger partial charge is 0.388 e. The van der Waals surface area contributed by atoms with Crippen LogP contribution < -0.4 is 4.90 Å². The van der Waals surface area contributed by atoms with Gasteiger partial charge >= 0.3 is 0 Å². The minimum atomic E-state index is -0.416. The highest BCUT2D eigenvalue weighted by Gasteiger charge is 2.19. The lowest BCUT2D eigenvalue weighted by Gasteiger charge is -2.31. The fourth-order valence-corrected chi connectivity index (χ4v) is 3.04. The Labute approximate surface area is 126 Å².